The Labute approximate surface area is 124 Å². The van der Waals surface area contributed by atoms with Crippen molar-refractivity contribution in [1.82, 2.24) is 9.97 Å². The zero-order valence-electron chi connectivity index (χ0n) is 10.7. The Morgan fingerprint density at radius 2 is 2.19 bits per heavy atom. The van der Waals surface area contributed by atoms with Crippen LogP contribution in [0.1, 0.15) is 17.2 Å². The van der Waals surface area contributed by atoms with Crippen LogP contribution >= 0.6 is 11.6 Å². The summed E-state index contributed by atoms with van der Waals surface area (Å²) in [7, 11) is 0. The molecule has 0 aliphatic heterocycles. The maximum Gasteiger partial charge on any atom is 0.269 e. The molecule has 0 radical (unpaired) electrons. The number of fused-ring (bicyclic) bond motifs is 1. The van der Waals surface area contributed by atoms with Crippen molar-refractivity contribution in [3.63, 3.8) is 0 Å². The smallest absolute Gasteiger partial charge is 0.269 e. The van der Waals surface area contributed by atoms with Crippen molar-refractivity contribution < 1.29 is 10.0 Å². The monoisotopic (exact) mass is 303 g/mol. The first-order chi connectivity index (χ1) is 10.1. The average molecular weight is 304 g/mol. The second-order valence-corrected chi connectivity index (χ2v) is 4.98. The van der Waals surface area contributed by atoms with Crippen molar-refractivity contribution in [1.29, 1.82) is 0 Å². The first kappa shape index (κ1) is 13.5. The van der Waals surface area contributed by atoms with E-state index in [-0.39, 0.29) is 5.69 Å². The molecule has 0 spiro atoms. The van der Waals surface area contributed by atoms with Gasteiger partial charge >= 0.3 is 0 Å². The van der Waals surface area contributed by atoms with Gasteiger partial charge in [-0.2, -0.15) is 0 Å². The number of hydrogen-bond donors (Lipinski definition) is 2. The number of non-ortho nitro benzene ring substituents is 1. The number of rotatable bonds is 3. The molecule has 1 aromatic carbocycles. The Balaban J connectivity index is 2.08. The third-order valence-corrected chi connectivity index (χ3v) is 3.43. The fraction of sp³-hybridized carbons (Fsp3) is 0.0714. The van der Waals surface area contributed by atoms with Crippen LogP contribution in [0.4, 0.5) is 5.69 Å². The number of aromatic nitrogens is 2. The number of nitro groups is 1. The highest BCUT2D eigenvalue weighted by Gasteiger charge is 2.18. The van der Waals surface area contributed by atoms with Crippen LogP contribution < -0.4 is 0 Å². The molecule has 6 nitrogen and oxygen atoms in total. The zero-order chi connectivity index (χ0) is 15.0. The molecule has 2 aromatic heterocycles. The fourth-order valence-electron chi connectivity index (χ4n) is 2.21. The van der Waals surface area contributed by atoms with E-state index in [4.69, 9.17) is 11.6 Å². The van der Waals surface area contributed by atoms with E-state index >= 15 is 0 Å². The molecule has 0 saturated heterocycles. The van der Waals surface area contributed by atoms with Gasteiger partial charge in [-0.3, -0.25) is 10.1 Å². The lowest BCUT2D eigenvalue weighted by atomic mass is 10.0. The molecule has 7 heteroatoms. The summed E-state index contributed by atoms with van der Waals surface area (Å²) in [4.78, 5) is 17.4. The number of nitro benzene ring substituents is 1. The Morgan fingerprint density at radius 1 is 1.38 bits per heavy atom. The number of halogens is 1. The van der Waals surface area contributed by atoms with Gasteiger partial charge in [-0.15, -0.1) is 0 Å². The number of aliphatic hydroxyl groups excluding tert-OH is 1. The molecule has 0 saturated carbocycles. The standard InChI is InChI=1S/C14H10ClN3O3/c15-9-5-11-12(7-17-14(11)16-6-9)13(19)8-2-1-3-10(4-8)18(20)21/h1-7,13,19H,(H,16,17). The van der Waals surface area contributed by atoms with Crippen molar-refractivity contribution in [2.45, 2.75) is 6.10 Å². The number of nitrogens with one attached hydrogen (secondary N) is 1. The number of H-pyrrole nitrogens is 1. The van der Waals surface area contributed by atoms with Gasteiger partial charge in [-0.05, 0) is 11.6 Å². The maximum atomic E-state index is 10.8. The number of pyridine rings is 1. The first-order valence-corrected chi connectivity index (χ1v) is 6.49. The third-order valence-electron chi connectivity index (χ3n) is 3.22. The molecule has 1 atom stereocenters. The molecule has 3 rings (SSSR count). The molecular formula is C14H10ClN3O3. The second-order valence-electron chi connectivity index (χ2n) is 4.55. The van der Waals surface area contributed by atoms with E-state index in [1.165, 1.54) is 24.4 Å². The number of nitrogens with zero attached hydrogens (tertiary/aromatic N) is 2. The van der Waals surface area contributed by atoms with E-state index in [2.05, 4.69) is 9.97 Å². The summed E-state index contributed by atoms with van der Waals surface area (Å²) in [6.45, 7) is 0. The van der Waals surface area contributed by atoms with Gasteiger partial charge in [0.25, 0.3) is 5.69 Å². The highest BCUT2D eigenvalue weighted by molar-refractivity contribution is 6.31. The number of benzene rings is 1. The molecule has 106 valence electrons. The van der Waals surface area contributed by atoms with Gasteiger partial charge in [-0.1, -0.05) is 23.7 Å². The summed E-state index contributed by atoms with van der Waals surface area (Å²) in [5, 5.41) is 22.4. The average Bonchev–Trinajstić information content (AvgIpc) is 2.89. The highest BCUT2D eigenvalue weighted by atomic mass is 35.5. The zero-order valence-corrected chi connectivity index (χ0v) is 11.4. The fourth-order valence-corrected chi connectivity index (χ4v) is 2.37. The third kappa shape index (κ3) is 2.46. The molecular weight excluding hydrogens is 294 g/mol. The van der Waals surface area contributed by atoms with Crippen LogP contribution in [-0.2, 0) is 0 Å². The van der Waals surface area contributed by atoms with Crippen molar-refractivity contribution in [2.75, 3.05) is 0 Å². The van der Waals surface area contributed by atoms with Crippen LogP contribution in [0, 0.1) is 10.1 Å². The van der Waals surface area contributed by atoms with Crippen molar-refractivity contribution in [3.8, 4) is 0 Å². The van der Waals surface area contributed by atoms with Crippen LogP contribution in [-0.4, -0.2) is 20.0 Å². The molecule has 2 heterocycles. The summed E-state index contributed by atoms with van der Waals surface area (Å²) >= 11 is 5.92. The SMILES string of the molecule is O=[N+]([O-])c1cccc(C(O)c2c[nH]c3ncc(Cl)cc23)c1. The van der Waals surface area contributed by atoms with E-state index in [9.17, 15) is 15.2 Å². The number of hydrogen-bond acceptors (Lipinski definition) is 4. The van der Waals surface area contributed by atoms with E-state index in [0.29, 0.717) is 27.2 Å². The Kier molecular flexibility index (Phi) is 3.32. The van der Waals surface area contributed by atoms with Gasteiger partial charge < -0.3 is 10.1 Å². The quantitative estimate of drug-likeness (QED) is 0.574. The van der Waals surface area contributed by atoms with Gasteiger partial charge in [0, 0.05) is 35.5 Å². The Bertz CT molecular complexity index is 831. The molecule has 0 bridgehead atoms. The van der Waals surface area contributed by atoms with Gasteiger partial charge in [0.1, 0.15) is 11.8 Å². The molecule has 21 heavy (non-hydrogen) atoms. The normalized spacial score (nSPS) is 12.5. The largest absolute Gasteiger partial charge is 0.384 e. The van der Waals surface area contributed by atoms with Gasteiger partial charge in [0.05, 0.1) is 9.95 Å². The first-order valence-electron chi connectivity index (χ1n) is 6.11. The topological polar surface area (TPSA) is 92.0 Å². The van der Waals surface area contributed by atoms with E-state index < -0.39 is 11.0 Å². The predicted molar refractivity (Wildman–Crippen MR) is 78.3 cm³/mol. The molecule has 0 aliphatic carbocycles. The summed E-state index contributed by atoms with van der Waals surface area (Å²) in [6, 6.07) is 7.59. The Morgan fingerprint density at radius 3 is 2.95 bits per heavy atom. The number of aliphatic hydroxyl groups is 1. The lowest BCUT2D eigenvalue weighted by Gasteiger charge is -2.10. The second kappa shape index (κ2) is 5.16. The minimum atomic E-state index is -1.00. The Hall–Kier alpha value is -2.44. The highest BCUT2D eigenvalue weighted by Crippen LogP contribution is 2.30. The van der Waals surface area contributed by atoms with E-state index in [1.54, 1.807) is 18.3 Å². The van der Waals surface area contributed by atoms with Gasteiger partial charge in [-0.25, -0.2) is 4.98 Å². The van der Waals surface area contributed by atoms with Crippen molar-refractivity contribution in [2.24, 2.45) is 0 Å². The molecule has 0 amide bonds. The molecule has 1 unspecified atom stereocenters. The molecule has 3 aromatic rings. The number of aromatic amines is 1. The van der Waals surface area contributed by atoms with Crippen LogP contribution in [0.2, 0.25) is 5.02 Å². The van der Waals surface area contributed by atoms with Crippen LogP contribution in [0.15, 0.2) is 42.7 Å². The summed E-state index contributed by atoms with van der Waals surface area (Å²) in [6.07, 6.45) is 2.13. The summed E-state index contributed by atoms with van der Waals surface area (Å²) < 4.78 is 0. The van der Waals surface area contributed by atoms with Crippen molar-refractivity contribution >= 4 is 28.3 Å². The lowest BCUT2D eigenvalue weighted by molar-refractivity contribution is -0.385. The van der Waals surface area contributed by atoms with Gasteiger partial charge in [0.15, 0.2) is 0 Å². The molecule has 0 aliphatic rings. The van der Waals surface area contributed by atoms with Gasteiger partial charge in [0.2, 0.25) is 0 Å². The minimum absolute atomic E-state index is 0.0671. The van der Waals surface area contributed by atoms with Crippen LogP contribution in [0.5, 0.6) is 0 Å². The van der Waals surface area contributed by atoms with Crippen LogP contribution in [0.3, 0.4) is 0 Å². The van der Waals surface area contributed by atoms with Crippen LogP contribution in [0.25, 0.3) is 11.0 Å². The maximum absolute atomic E-state index is 10.8. The molecule has 0 fully saturated rings. The van der Waals surface area contributed by atoms with E-state index in [1.807, 2.05) is 0 Å². The predicted octanol–water partition coefficient (Wildman–Crippen LogP) is 3.21. The summed E-state index contributed by atoms with van der Waals surface area (Å²) in [5.74, 6) is 0. The lowest BCUT2D eigenvalue weighted by Crippen LogP contribution is -2.00. The van der Waals surface area contributed by atoms with Crippen molar-refractivity contribution in [3.05, 3.63) is 69.0 Å². The summed E-state index contributed by atoms with van der Waals surface area (Å²) in [5.41, 5.74) is 1.53. The van der Waals surface area contributed by atoms with E-state index in [0.717, 1.165) is 0 Å². The minimum Gasteiger partial charge on any atom is -0.384 e. The molecule has 2 N–H and O–H groups in total.